The molecule has 0 aliphatic rings. The maximum absolute atomic E-state index is 13.7. The molecule has 0 saturated heterocycles. The minimum absolute atomic E-state index is 0.300. The van der Waals surface area contributed by atoms with Crippen LogP contribution < -0.4 is 0 Å². The lowest BCUT2D eigenvalue weighted by atomic mass is 10.1. The molecule has 4 heteroatoms. The van der Waals surface area contributed by atoms with Gasteiger partial charge in [-0.25, -0.2) is 4.39 Å². The van der Waals surface area contributed by atoms with E-state index in [-0.39, 0.29) is 11.1 Å². The molecule has 0 aliphatic heterocycles. The molecule has 0 N–H and O–H groups in total. The highest BCUT2D eigenvalue weighted by Gasteiger charge is 2.17. The van der Waals surface area contributed by atoms with Crippen LogP contribution in [0.4, 0.5) is 4.39 Å². The summed E-state index contributed by atoms with van der Waals surface area (Å²) >= 11 is 6.07. The lowest BCUT2D eigenvalue weighted by molar-refractivity contribution is 0.606. The zero-order valence-electron chi connectivity index (χ0n) is 11.2. The summed E-state index contributed by atoms with van der Waals surface area (Å²) in [6.07, 6.45) is 0.630. The predicted molar refractivity (Wildman–Crippen MR) is 83.0 cm³/mol. The van der Waals surface area contributed by atoms with Crippen LogP contribution in [0, 0.1) is 5.82 Å². The van der Waals surface area contributed by atoms with Gasteiger partial charge in [0.25, 0.3) is 0 Å². The van der Waals surface area contributed by atoms with Crippen LogP contribution in [0.3, 0.4) is 0 Å². The van der Waals surface area contributed by atoms with Gasteiger partial charge in [-0.15, -0.1) is 0 Å². The van der Waals surface area contributed by atoms with Crippen molar-refractivity contribution in [2.45, 2.75) is 18.6 Å². The molecule has 2 aromatic rings. The average Bonchev–Trinajstić information content (AvgIpc) is 2.46. The zero-order chi connectivity index (χ0) is 14.5. The lowest BCUT2D eigenvalue weighted by Crippen LogP contribution is -2.10. The summed E-state index contributed by atoms with van der Waals surface area (Å²) in [4.78, 5) is 0. The maximum Gasteiger partial charge on any atom is 0.127 e. The SMILES string of the molecule is C[C@@H](c1ccccc1F)[S@@](=O)CCc1ccccc1Cl. The maximum atomic E-state index is 13.7. The van der Waals surface area contributed by atoms with E-state index in [9.17, 15) is 8.60 Å². The van der Waals surface area contributed by atoms with Gasteiger partial charge in [0, 0.05) is 27.1 Å². The Bertz CT molecular complexity index is 615. The molecule has 2 rings (SSSR count). The average molecular weight is 311 g/mol. The van der Waals surface area contributed by atoms with E-state index >= 15 is 0 Å². The number of aryl methyl sites for hydroxylation is 1. The van der Waals surface area contributed by atoms with Crippen LogP contribution in [0.2, 0.25) is 5.02 Å². The van der Waals surface area contributed by atoms with Crippen LogP contribution in [0.25, 0.3) is 0 Å². The Morgan fingerprint density at radius 3 is 2.50 bits per heavy atom. The first kappa shape index (κ1) is 15.2. The molecule has 0 bridgehead atoms. The van der Waals surface area contributed by atoms with Gasteiger partial charge in [-0.2, -0.15) is 0 Å². The number of hydrogen-bond acceptors (Lipinski definition) is 1. The van der Waals surface area contributed by atoms with Crippen molar-refractivity contribution in [1.82, 2.24) is 0 Å². The zero-order valence-corrected chi connectivity index (χ0v) is 12.8. The molecular weight excluding hydrogens is 295 g/mol. The van der Waals surface area contributed by atoms with Crippen molar-refractivity contribution in [1.29, 1.82) is 0 Å². The number of hydrogen-bond donors (Lipinski definition) is 0. The smallest absolute Gasteiger partial charge is 0.127 e. The molecule has 0 aliphatic carbocycles. The Balaban J connectivity index is 2.02. The second-order valence-electron chi connectivity index (χ2n) is 4.59. The predicted octanol–water partition coefficient (Wildman–Crippen LogP) is 4.53. The molecule has 2 aromatic carbocycles. The van der Waals surface area contributed by atoms with Gasteiger partial charge in [0.1, 0.15) is 5.82 Å². The van der Waals surface area contributed by atoms with Gasteiger partial charge in [0.2, 0.25) is 0 Å². The highest BCUT2D eigenvalue weighted by Crippen LogP contribution is 2.23. The number of rotatable bonds is 5. The van der Waals surface area contributed by atoms with Crippen LogP contribution in [-0.2, 0) is 17.2 Å². The summed E-state index contributed by atoms with van der Waals surface area (Å²) in [5.41, 5.74) is 1.48. The van der Waals surface area contributed by atoms with Crippen molar-refractivity contribution in [3.63, 3.8) is 0 Å². The molecule has 0 radical (unpaired) electrons. The molecule has 0 saturated carbocycles. The third-order valence-electron chi connectivity index (χ3n) is 3.27. The molecular formula is C16H16ClFOS. The van der Waals surface area contributed by atoms with Crippen molar-refractivity contribution in [2.24, 2.45) is 0 Å². The van der Waals surface area contributed by atoms with Crippen molar-refractivity contribution >= 4 is 22.4 Å². The van der Waals surface area contributed by atoms with Crippen molar-refractivity contribution < 1.29 is 8.60 Å². The van der Waals surface area contributed by atoms with E-state index in [1.807, 2.05) is 24.3 Å². The van der Waals surface area contributed by atoms with E-state index in [1.54, 1.807) is 25.1 Å². The Morgan fingerprint density at radius 2 is 1.80 bits per heavy atom. The topological polar surface area (TPSA) is 17.1 Å². The molecule has 0 spiro atoms. The van der Waals surface area contributed by atoms with Crippen LogP contribution in [0.5, 0.6) is 0 Å². The van der Waals surface area contributed by atoms with Crippen LogP contribution in [0.1, 0.15) is 23.3 Å². The van der Waals surface area contributed by atoms with Crippen molar-refractivity contribution in [2.75, 3.05) is 5.75 Å². The molecule has 2 atom stereocenters. The monoisotopic (exact) mass is 310 g/mol. The van der Waals surface area contributed by atoms with Crippen molar-refractivity contribution in [3.8, 4) is 0 Å². The summed E-state index contributed by atoms with van der Waals surface area (Å²) in [7, 11) is -1.13. The molecule has 0 heterocycles. The van der Waals surface area contributed by atoms with Crippen LogP contribution in [0.15, 0.2) is 48.5 Å². The molecule has 1 nitrogen and oxygen atoms in total. The molecule has 0 unspecified atom stereocenters. The van der Waals surface area contributed by atoms with Gasteiger partial charge in [0.05, 0.1) is 5.25 Å². The first-order valence-corrected chi connectivity index (χ1v) is 8.20. The quantitative estimate of drug-likeness (QED) is 0.793. The van der Waals surface area contributed by atoms with Gasteiger partial charge in [-0.05, 0) is 31.0 Å². The fourth-order valence-corrected chi connectivity index (χ4v) is 3.51. The molecule has 0 fully saturated rings. The highest BCUT2D eigenvalue weighted by molar-refractivity contribution is 7.85. The summed E-state index contributed by atoms with van der Waals surface area (Å²) in [6, 6.07) is 14.0. The first-order valence-electron chi connectivity index (χ1n) is 6.44. The van der Waals surface area contributed by atoms with Crippen LogP contribution in [-0.4, -0.2) is 9.96 Å². The van der Waals surface area contributed by atoms with Gasteiger partial charge in [-0.3, -0.25) is 4.21 Å². The van der Waals surface area contributed by atoms with E-state index in [2.05, 4.69) is 0 Å². The molecule has 0 amide bonds. The van der Waals surface area contributed by atoms with Gasteiger partial charge in [-0.1, -0.05) is 48.0 Å². The highest BCUT2D eigenvalue weighted by atomic mass is 35.5. The van der Waals surface area contributed by atoms with E-state index in [4.69, 9.17) is 11.6 Å². The summed E-state index contributed by atoms with van der Waals surface area (Å²) in [5.74, 6) is 0.172. The minimum Gasteiger partial charge on any atom is -0.259 e. The minimum atomic E-state index is -1.13. The Labute approximate surface area is 126 Å². The first-order chi connectivity index (χ1) is 9.59. The van der Waals surface area contributed by atoms with E-state index in [1.165, 1.54) is 6.07 Å². The van der Waals surface area contributed by atoms with E-state index < -0.39 is 10.8 Å². The van der Waals surface area contributed by atoms with E-state index in [0.717, 1.165) is 5.56 Å². The molecule has 20 heavy (non-hydrogen) atoms. The van der Waals surface area contributed by atoms with Gasteiger partial charge >= 0.3 is 0 Å². The largest absolute Gasteiger partial charge is 0.259 e. The molecule has 106 valence electrons. The summed E-state index contributed by atoms with van der Waals surface area (Å²) in [5, 5.41) is 0.363. The summed E-state index contributed by atoms with van der Waals surface area (Å²) in [6.45, 7) is 1.79. The molecule has 0 aromatic heterocycles. The van der Waals surface area contributed by atoms with Crippen molar-refractivity contribution in [3.05, 3.63) is 70.5 Å². The third kappa shape index (κ3) is 3.68. The van der Waals surface area contributed by atoms with Gasteiger partial charge in [0.15, 0.2) is 0 Å². The third-order valence-corrected chi connectivity index (χ3v) is 5.29. The van der Waals surface area contributed by atoms with E-state index in [0.29, 0.717) is 22.8 Å². The van der Waals surface area contributed by atoms with Gasteiger partial charge < -0.3 is 0 Å². The fourth-order valence-electron chi connectivity index (χ4n) is 2.03. The summed E-state index contributed by atoms with van der Waals surface area (Å²) < 4.78 is 26.0. The Morgan fingerprint density at radius 1 is 1.15 bits per heavy atom. The number of halogens is 2. The fraction of sp³-hybridized carbons (Fsp3) is 0.250. The normalized spacial score (nSPS) is 13.9. The second kappa shape index (κ2) is 7.00. The lowest BCUT2D eigenvalue weighted by Gasteiger charge is -2.13. The Kier molecular flexibility index (Phi) is 5.32. The second-order valence-corrected chi connectivity index (χ2v) is 6.87. The standard InChI is InChI=1S/C16H16ClFOS/c1-12(14-7-3-5-9-16(14)18)20(19)11-10-13-6-2-4-8-15(13)17/h2-9,12H,10-11H2,1H3/t12-,20-/m0/s1. The Hall–Kier alpha value is -1.19. The van der Waals surface area contributed by atoms with Crippen LogP contribution >= 0.6 is 11.6 Å². The number of benzene rings is 2.